The van der Waals surface area contributed by atoms with Crippen molar-refractivity contribution in [3.8, 4) is 0 Å². The van der Waals surface area contributed by atoms with Crippen LogP contribution < -0.4 is 5.32 Å². The third-order valence-corrected chi connectivity index (χ3v) is 4.21. The fraction of sp³-hybridized carbons (Fsp3) is 0.625. The summed E-state index contributed by atoms with van der Waals surface area (Å²) in [6.07, 6.45) is 5.48. The molecule has 0 aromatic heterocycles. The second-order valence-electron chi connectivity index (χ2n) is 5.67. The van der Waals surface area contributed by atoms with Gasteiger partial charge in [-0.1, -0.05) is 18.9 Å². The van der Waals surface area contributed by atoms with Gasteiger partial charge in [-0.05, 0) is 50.1 Å². The molecule has 1 fully saturated rings. The highest BCUT2D eigenvalue weighted by atomic mass is 19.1. The van der Waals surface area contributed by atoms with Gasteiger partial charge in [0.15, 0.2) is 0 Å². The molecule has 2 nitrogen and oxygen atoms in total. The number of halogens is 1. The lowest BCUT2D eigenvalue weighted by Crippen LogP contribution is -2.35. The van der Waals surface area contributed by atoms with Crippen LogP contribution >= 0.6 is 0 Å². The Kier molecular flexibility index (Phi) is 5.34. The number of rotatable bonds is 6. The summed E-state index contributed by atoms with van der Waals surface area (Å²) in [5.41, 5.74) is 2.21. The quantitative estimate of drug-likeness (QED) is 0.794. The molecule has 2 rings (SSSR count). The molecular weight excluding hydrogens is 239 g/mol. The molecule has 0 aliphatic heterocycles. The summed E-state index contributed by atoms with van der Waals surface area (Å²) in [4.78, 5) is 2.47. The van der Waals surface area contributed by atoms with Gasteiger partial charge in [0.05, 0.1) is 0 Å². The van der Waals surface area contributed by atoms with Crippen molar-refractivity contribution in [3.05, 3.63) is 35.1 Å². The minimum absolute atomic E-state index is 0.151. The Morgan fingerprint density at radius 3 is 2.74 bits per heavy atom. The Labute approximate surface area is 116 Å². The Morgan fingerprint density at radius 2 is 2.05 bits per heavy atom. The van der Waals surface area contributed by atoms with E-state index in [0.29, 0.717) is 0 Å². The van der Waals surface area contributed by atoms with E-state index in [4.69, 9.17) is 0 Å². The first-order chi connectivity index (χ1) is 9.16. The van der Waals surface area contributed by atoms with Gasteiger partial charge in [-0.2, -0.15) is 0 Å². The summed E-state index contributed by atoms with van der Waals surface area (Å²) < 4.78 is 13.0. The van der Waals surface area contributed by atoms with Gasteiger partial charge in [-0.3, -0.25) is 0 Å². The predicted octanol–water partition coefficient (Wildman–Crippen LogP) is 3.10. The van der Waals surface area contributed by atoms with Crippen LogP contribution in [-0.2, 0) is 6.54 Å². The normalized spacial score (nSPS) is 16.4. The molecule has 0 radical (unpaired) electrons. The highest BCUT2D eigenvalue weighted by Crippen LogP contribution is 2.21. The van der Waals surface area contributed by atoms with Crippen molar-refractivity contribution in [1.29, 1.82) is 0 Å². The van der Waals surface area contributed by atoms with E-state index in [1.54, 1.807) is 6.07 Å². The lowest BCUT2D eigenvalue weighted by molar-refractivity contribution is 0.245. The van der Waals surface area contributed by atoms with Crippen LogP contribution in [0.2, 0.25) is 0 Å². The van der Waals surface area contributed by atoms with Gasteiger partial charge < -0.3 is 10.2 Å². The fourth-order valence-electron chi connectivity index (χ4n) is 2.86. The number of nitrogens with zero attached hydrogens (tertiary/aromatic N) is 1. The molecule has 0 heterocycles. The van der Waals surface area contributed by atoms with E-state index >= 15 is 0 Å². The maximum Gasteiger partial charge on any atom is 0.123 e. The molecular formula is C16H25FN2. The summed E-state index contributed by atoms with van der Waals surface area (Å²) >= 11 is 0. The molecule has 3 heteroatoms. The molecule has 0 spiro atoms. The van der Waals surface area contributed by atoms with Gasteiger partial charge >= 0.3 is 0 Å². The van der Waals surface area contributed by atoms with Gasteiger partial charge in [-0.15, -0.1) is 0 Å². The molecule has 0 amide bonds. The van der Waals surface area contributed by atoms with E-state index in [9.17, 15) is 4.39 Å². The lowest BCUT2D eigenvalue weighted by Gasteiger charge is -2.24. The van der Waals surface area contributed by atoms with Crippen LogP contribution in [0, 0.1) is 12.7 Å². The molecule has 0 unspecified atom stereocenters. The zero-order valence-corrected chi connectivity index (χ0v) is 12.1. The Hall–Kier alpha value is -0.930. The van der Waals surface area contributed by atoms with E-state index < -0.39 is 0 Å². The highest BCUT2D eigenvalue weighted by Gasteiger charge is 2.18. The minimum atomic E-state index is -0.151. The van der Waals surface area contributed by atoms with Crippen molar-refractivity contribution in [3.63, 3.8) is 0 Å². The van der Waals surface area contributed by atoms with Gasteiger partial charge in [-0.25, -0.2) is 4.39 Å². The van der Waals surface area contributed by atoms with Crippen LogP contribution in [0.25, 0.3) is 0 Å². The lowest BCUT2D eigenvalue weighted by atomic mass is 10.1. The summed E-state index contributed by atoms with van der Waals surface area (Å²) in [5, 5.41) is 3.45. The monoisotopic (exact) mass is 264 g/mol. The zero-order chi connectivity index (χ0) is 13.7. The van der Waals surface area contributed by atoms with Gasteiger partial charge in [0.2, 0.25) is 0 Å². The second kappa shape index (κ2) is 7.01. The maximum absolute atomic E-state index is 13.0. The average molecular weight is 264 g/mol. The first kappa shape index (κ1) is 14.5. The summed E-state index contributed by atoms with van der Waals surface area (Å²) in [5.74, 6) is -0.151. The van der Waals surface area contributed by atoms with Crippen LogP contribution in [0.4, 0.5) is 4.39 Å². The maximum atomic E-state index is 13.0. The van der Waals surface area contributed by atoms with Crippen molar-refractivity contribution in [2.24, 2.45) is 0 Å². The number of hydrogen-bond donors (Lipinski definition) is 1. The number of benzene rings is 1. The molecule has 1 aliphatic rings. The largest absolute Gasteiger partial charge is 0.311 e. The Bertz CT molecular complexity index is 400. The molecule has 1 aromatic carbocycles. The van der Waals surface area contributed by atoms with Crippen LogP contribution in [0.3, 0.4) is 0 Å². The van der Waals surface area contributed by atoms with E-state index in [0.717, 1.165) is 31.2 Å². The molecule has 0 atom stereocenters. The number of likely N-dealkylation sites (N-methyl/N-ethyl adjacent to an activating group) is 1. The first-order valence-corrected chi connectivity index (χ1v) is 7.33. The smallest absolute Gasteiger partial charge is 0.123 e. The molecule has 1 N–H and O–H groups in total. The Morgan fingerprint density at radius 1 is 1.32 bits per heavy atom. The van der Waals surface area contributed by atoms with E-state index in [2.05, 4.69) is 17.3 Å². The number of hydrogen-bond acceptors (Lipinski definition) is 2. The van der Waals surface area contributed by atoms with Crippen LogP contribution in [0.5, 0.6) is 0 Å². The van der Waals surface area contributed by atoms with Crippen LogP contribution in [0.15, 0.2) is 18.2 Å². The molecule has 1 aromatic rings. The van der Waals surface area contributed by atoms with Crippen LogP contribution in [0.1, 0.15) is 36.8 Å². The third kappa shape index (κ3) is 4.29. The third-order valence-electron chi connectivity index (χ3n) is 4.21. The second-order valence-corrected chi connectivity index (χ2v) is 5.67. The molecule has 19 heavy (non-hydrogen) atoms. The van der Waals surface area contributed by atoms with Crippen molar-refractivity contribution >= 4 is 0 Å². The first-order valence-electron chi connectivity index (χ1n) is 7.33. The zero-order valence-electron chi connectivity index (χ0n) is 12.1. The van der Waals surface area contributed by atoms with Crippen LogP contribution in [-0.4, -0.2) is 31.1 Å². The minimum Gasteiger partial charge on any atom is -0.311 e. The molecule has 0 saturated heterocycles. The fourth-order valence-corrected chi connectivity index (χ4v) is 2.86. The van der Waals surface area contributed by atoms with E-state index in [-0.39, 0.29) is 5.82 Å². The van der Waals surface area contributed by atoms with Crippen molar-refractivity contribution < 1.29 is 4.39 Å². The molecule has 1 aliphatic carbocycles. The summed E-state index contributed by atoms with van der Waals surface area (Å²) in [6.45, 7) is 4.87. The highest BCUT2D eigenvalue weighted by molar-refractivity contribution is 5.26. The summed E-state index contributed by atoms with van der Waals surface area (Å²) in [7, 11) is 2.22. The number of nitrogens with one attached hydrogen (secondary N) is 1. The van der Waals surface area contributed by atoms with Gasteiger partial charge in [0.25, 0.3) is 0 Å². The van der Waals surface area contributed by atoms with E-state index in [1.165, 1.54) is 37.3 Å². The number of aryl methyl sites for hydroxylation is 1. The molecule has 106 valence electrons. The van der Waals surface area contributed by atoms with Crippen molar-refractivity contribution in [1.82, 2.24) is 10.2 Å². The molecule has 0 bridgehead atoms. The van der Waals surface area contributed by atoms with Gasteiger partial charge in [0.1, 0.15) is 5.82 Å². The van der Waals surface area contributed by atoms with E-state index in [1.807, 2.05) is 13.0 Å². The Balaban J connectivity index is 1.68. The molecule has 1 saturated carbocycles. The van der Waals surface area contributed by atoms with Crippen molar-refractivity contribution in [2.45, 2.75) is 45.2 Å². The average Bonchev–Trinajstić information content (AvgIpc) is 2.90. The predicted molar refractivity (Wildman–Crippen MR) is 77.7 cm³/mol. The standard InChI is InChI=1S/C16H25FN2/c1-13-11-15(17)8-7-14(13)12-18-9-10-19(2)16-5-3-4-6-16/h7-8,11,16,18H,3-6,9-10,12H2,1-2H3. The topological polar surface area (TPSA) is 15.3 Å². The van der Waals surface area contributed by atoms with Gasteiger partial charge in [0, 0.05) is 25.7 Å². The van der Waals surface area contributed by atoms with Crippen molar-refractivity contribution in [2.75, 3.05) is 20.1 Å². The SMILES string of the molecule is Cc1cc(F)ccc1CNCCN(C)C1CCCC1. The summed E-state index contributed by atoms with van der Waals surface area (Å²) in [6, 6.07) is 5.80.